The number of hydrogen-bond donors (Lipinski definition) is 3. The van der Waals surface area contributed by atoms with E-state index in [2.05, 4.69) is 52.1 Å². The van der Waals surface area contributed by atoms with Gasteiger partial charge in [-0.1, -0.05) is 56.3 Å². The van der Waals surface area contributed by atoms with Gasteiger partial charge in [-0.2, -0.15) is 0 Å². The summed E-state index contributed by atoms with van der Waals surface area (Å²) in [6.45, 7) is 6.32. The van der Waals surface area contributed by atoms with Crippen molar-refractivity contribution in [3.63, 3.8) is 0 Å². The molecule has 0 aliphatic carbocycles. The fourth-order valence-electron chi connectivity index (χ4n) is 2.72. The fraction of sp³-hybridized carbons (Fsp3) is 0.364. The van der Waals surface area contributed by atoms with Crippen molar-refractivity contribution in [3.05, 3.63) is 71.3 Å². The highest BCUT2D eigenvalue weighted by atomic mass is 16.1. The van der Waals surface area contributed by atoms with Crippen molar-refractivity contribution < 1.29 is 4.79 Å². The molecule has 0 aromatic heterocycles. The molecule has 1 amide bonds. The summed E-state index contributed by atoms with van der Waals surface area (Å²) in [7, 11) is 1.76. The van der Waals surface area contributed by atoms with Crippen LogP contribution in [0.1, 0.15) is 47.7 Å². The third kappa shape index (κ3) is 6.77. The third-order valence-corrected chi connectivity index (χ3v) is 4.35. The lowest BCUT2D eigenvalue weighted by atomic mass is 10.0. The first kappa shape index (κ1) is 20.5. The molecule has 1 atom stereocenters. The maximum absolute atomic E-state index is 12.1. The standard InChI is InChI=1S/C22H30N4O/c1-4-13-24-21(27)20-12-8-9-18(14-20)16-26-22(23-3)25-15-17(2)19-10-6-5-7-11-19/h5-12,14,17H,4,13,15-16H2,1-3H3,(H,24,27)(H2,23,25,26). The zero-order valence-corrected chi connectivity index (χ0v) is 16.5. The van der Waals surface area contributed by atoms with E-state index in [-0.39, 0.29) is 5.91 Å². The van der Waals surface area contributed by atoms with Gasteiger partial charge in [-0.15, -0.1) is 0 Å². The Kier molecular flexibility index (Phi) is 8.36. The minimum absolute atomic E-state index is 0.0297. The van der Waals surface area contributed by atoms with Gasteiger partial charge in [0, 0.05) is 32.2 Å². The van der Waals surface area contributed by atoms with Crippen LogP contribution in [0.15, 0.2) is 59.6 Å². The van der Waals surface area contributed by atoms with Crippen molar-refractivity contribution in [2.24, 2.45) is 4.99 Å². The van der Waals surface area contributed by atoms with Crippen LogP contribution in [0.2, 0.25) is 0 Å². The van der Waals surface area contributed by atoms with E-state index < -0.39 is 0 Å². The number of guanidine groups is 1. The molecule has 0 fully saturated rings. The zero-order valence-electron chi connectivity index (χ0n) is 16.5. The van der Waals surface area contributed by atoms with Gasteiger partial charge in [0.1, 0.15) is 0 Å². The number of benzene rings is 2. The van der Waals surface area contributed by atoms with Crippen molar-refractivity contribution in [1.29, 1.82) is 0 Å². The Bertz CT molecular complexity index is 743. The van der Waals surface area contributed by atoms with Gasteiger partial charge >= 0.3 is 0 Å². The smallest absolute Gasteiger partial charge is 0.251 e. The van der Waals surface area contributed by atoms with Crippen LogP contribution in [0.3, 0.4) is 0 Å². The molecule has 27 heavy (non-hydrogen) atoms. The highest BCUT2D eigenvalue weighted by molar-refractivity contribution is 5.94. The first-order valence-electron chi connectivity index (χ1n) is 9.50. The summed E-state index contributed by atoms with van der Waals surface area (Å²) in [4.78, 5) is 16.4. The summed E-state index contributed by atoms with van der Waals surface area (Å²) in [5.74, 6) is 1.10. The normalized spacial score (nSPS) is 12.3. The second-order valence-corrected chi connectivity index (χ2v) is 6.57. The maximum atomic E-state index is 12.1. The Balaban J connectivity index is 1.86. The first-order valence-corrected chi connectivity index (χ1v) is 9.50. The molecule has 144 valence electrons. The summed E-state index contributed by atoms with van der Waals surface area (Å²) in [6.07, 6.45) is 0.927. The summed E-state index contributed by atoms with van der Waals surface area (Å²) in [5.41, 5.74) is 3.02. The van der Waals surface area contributed by atoms with Gasteiger partial charge in [0.15, 0.2) is 5.96 Å². The highest BCUT2D eigenvalue weighted by Gasteiger charge is 2.08. The van der Waals surface area contributed by atoms with Crippen molar-refractivity contribution in [2.75, 3.05) is 20.1 Å². The Morgan fingerprint density at radius 1 is 1.04 bits per heavy atom. The lowest BCUT2D eigenvalue weighted by Crippen LogP contribution is -2.38. The molecule has 5 heteroatoms. The van der Waals surface area contributed by atoms with E-state index in [1.54, 1.807) is 7.05 Å². The monoisotopic (exact) mass is 366 g/mol. The van der Waals surface area contributed by atoms with Crippen LogP contribution in [-0.4, -0.2) is 32.0 Å². The van der Waals surface area contributed by atoms with E-state index in [1.165, 1.54) is 5.56 Å². The summed E-state index contributed by atoms with van der Waals surface area (Å²) >= 11 is 0. The SMILES string of the molecule is CCCNC(=O)c1cccc(CNC(=NC)NCC(C)c2ccccc2)c1. The third-order valence-electron chi connectivity index (χ3n) is 4.35. The Morgan fingerprint density at radius 3 is 2.52 bits per heavy atom. The minimum atomic E-state index is -0.0297. The average Bonchev–Trinajstić information content (AvgIpc) is 2.72. The van der Waals surface area contributed by atoms with Crippen LogP contribution >= 0.6 is 0 Å². The molecule has 0 saturated carbocycles. The lowest BCUT2D eigenvalue weighted by Gasteiger charge is -2.16. The van der Waals surface area contributed by atoms with E-state index in [1.807, 2.05) is 37.3 Å². The second-order valence-electron chi connectivity index (χ2n) is 6.57. The number of nitrogens with zero attached hydrogens (tertiary/aromatic N) is 1. The number of nitrogens with one attached hydrogen (secondary N) is 3. The molecule has 5 nitrogen and oxygen atoms in total. The van der Waals surface area contributed by atoms with E-state index in [0.29, 0.717) is 24.6 Å². The van der Waals surface area contributed by atoms with Gasteiger partial charge < -0.3 is 16.0 Å². The maximum Gasteiger partial charge on any atom is 0.251 e. The number of carbonyl (C=O) groups excluding carboxylic acids is 1. The number of aliphatic imine (C=N–C) groups is 1. The Labute approximate surface area is 162 Å². The first-order chi connectivity index (χ1) is 13.1. The van der Waals surface area contributed by atoms with Crippen molar-refractivity contribution in [2.45, 2.75) is 32.7 Å². The molecule has 0 heterocycles. The molecule has 0 bridgehead atoms. The van der Waals surface area contributed by atoms with Gasteiger partial charge in [0.2, 0.25) is 0 Å². The molecule has 0 aliphatic rings. The quantitative estimate of drug-likeness (QED) is 0.496. The Hall–Kier alpha value is -2.82. The topological polar surface area (TPSA) is 65.5 Å². The van der Waals surface area contributed by atoms with E-state index in [0.717, 1.165) is 24.5 Å². The van der Waals surface area contributed by atoms with Crippen molar-refractivity contribution in [3.8, 4) is 0 Å². The predicted octanol–water partition coefficient (Wildman–Crippen LogP) is 3.30. The lowest BCUT2D eigenvalue weighted by molar-refractivity contribution is 0.0953. The van der Waals surface area contributed by atoms with Gasteiger partial charge in [0.05, 0.1) is 0 Å². The number of amides is 1. The summed E-state index contributed by atoms with van der Waals surface area (Å²) < 4.78 is 0. The molecule has 0 aliphatic heterocycles. The van der Waals surface area contributed by atoms with Crippen LogP contribution in [0.4, 0.5) is 0 Å². The highest BCUT2D eigenvalue weighted by Crippen LogP contribution is 2.12. The number of rotatable bonds is 8. The molecule has 2 aromatic carbocycles. The van der Waals surface area contributed by atoms with E-state index in [9.17, 15) is 4.79 Å². The van der Waals surface area contributed by atoms with Crippen molar-refractivity contribution >= 4 is 11.9 Å². The van der Waals surface area contributed by atoms with E-state index >= 15 is 0 Å². The molecular formula is C22H30N4O. The number of hydrogen-bond acceptors (Lipinski definition) is 2. The van der Waals surface area contributed by atoms with Crippen molar-refractivity contribution in [1.82, 2.24) is 16.0 Å². The van der Waals surface area contributed by atoms with Gasteiger partial charge in [0.25, 0.3) is 5.91 Å². The molecule has 0 radical (unpaired) electrons. The molecule has 2 rings (SSSR count). The molecule has 2 aromatic rings. The van der Waals surface area contributed by atoms with Crippen LogP contribution < -0.4 is 16.0 Å². The van der Waals surface area contributed by atoms with Gasteiger partial charge in [-0.3, -0.25) is 9.79 Å². The zero-order chi connectivity index (χ0) is 19.5. The van der Waals surface area contributed by atoms with Gasteiger partial charge in [-0.25, -0.2) is 0 Å². The van der Waals surface area contributed by atoms with Crippen LogP contribution in [0.25, 0.3) is 0 Å². The fourth-order valence-corrected chi connectivity index (χ4v) is 2.72. The molecular weight excluding hydrogens is 336 g/mol. The average molecular weight is 367 g/mol. The summed E-state index contributed by atoms with van der Waals surface area (Å²) in [5, 5.41) is 9.58. The van der Waals surface area contributed by atoms with Crippen LogP contribution in [0.5, 0.6) is 0 Å². The van der Waals surface area contributed by atoms with Crippen LogP contribution in [-0.2, 0) is 6.54 Å². The number of carbonyl (C=O) groups is 1. The van der Waals surface area contributed by atoms with Gasteiger partial charge in [-0.05, 0) is 35.6 Å². The summed E-state index contributed by atoms with van der Waals surface area (Å²) in [6, 6.07) is 18.1. The predicted molar refractivity (Wildman–Crippen MR) is 112 cm³/mol. The Morgan fingerprint density at radius 2 is 1.81 bits per heavy atom. The molecule has 0 spiro atoms. The van der Waals surface area contributed by atoms with E-state index in [4.69, 9.17) is 0 Å². The molecule has 1 unspecified atom stereocenters. The second kappa shape index (κ2) is 11.0. The minimum Gasteiger partial charge on any atom is -0.356 e. The molecule has 0 saturated heterocycles. The molecule has 3 N–H and O–H groups in total. The largest absolute Gasteiger partial charge is 0.356 e. The van der Waals surface area contributed by atoms with Crippen LogP contribution in [0, 0.1) is 0 Å².